The van der Waals surface area contributed by atoms with Crippen molar-refractivity contribution in [3.8, 4) is 11.5 Å². The van der Waals surface area contributed by atoms with Gasteiger partial charge >= 0.3 is 0 Å². The third-order valence-corrected chi connectivity index (χ3v) is 3.46. The molecule has 0 amide bonds. The molecule has 2 heterocycles. The van der Waals surface area contributed by atoms with Crippen LogP contribution in [0.25, 0.3) is 33.5 Å². The molecule has 0 fully saturated rings. The molecule has 102 valence electrons. The monoisotopic (exact) mass is 278 g/mol. The van der Waals surface area contributed by atoms with Crippen molar-refractivity contribution in [1.82, 2.24) is 9.97 Å². The number of H-pyrrole nitrogens is 1. The van der Waals surface area contributed by atoms with E-state index in [0.29, 0.717) is 28.2 Å². The Morgan fingerprint density at radius 1 is 1.10 bits per heavy atom. The molecule has 4 rings (SSSR count). The summed E-state index contributed by atoms with van der Waals surface area (Å²) in [5.74, 6) is 0.320. The van der Waals surface area contributed by atoms with Crippen LogP contribution in [0.3, 0.4) is 0 Å². The highest BCUT2D eigenvalue weighted by atomic mass is 16.3. The lowest BCUT2D eigenvalue weighted by molar-refractivity contribution is 0.613. The molecule has 0 saturated heterocycles. The van der Waals surface area contributed by atoms with Crippen molar-refractivity contribution in [2.45, 2.75) is 6.92 Å². The number of rotatable bonds is 0. The molecule has 0 radical (unpaired) electrons. The minimum absolute atomic E-state index is 0.234. The molecule has 1 aliphatic heterocycles. The van der Waals surface area contributed by atoms with E-state index in [0.717, 1.165) is 0 Å². The maximum atomic E-state index is 12.3. The van der Waals surface area contributed by atoms with E-state index < -0.39 is 0 Å². The third kappa shape index (κ3) is 1.67. The van der Waals surface area contributed by atoms with E-state index in [1.807, 2.05) is 12.1 Å². The number of aromatic amines is 1. The minimum atomic E-state index is -0.279. The third-order valence-electron chi connectivity index (χ3n) is 3.46. The Balaban J connectivity index is 2.33. The van der Waals surface area contributed by atoms with Crippen molar-refractivity contribution >= 4 is 22.0 Å². The number of hydrogen-bond donors (Lipinski definition) is 1. The number of nitrogens with one attached hydrogen (secondary N) is 1. The molecule has 2 aliphatic rings. The number of pyridine rings is 1. The van der Waals surface area contributed by atoms with E-state index in [4.69, 9.17) is 4.42 Å². The van der Waals surface area contributed by atoms with Crippen molar-refractivity contribution in [3.05, 3.63) is 62.5 Å². The van der Waals surface area contributed by atoms with Crippen molar-refractivity contribution in [1.29, 1.82) is 0 Å². The van der Waals surface area contributed by atoms with Gasteiger partial charge in [0.25, 0.3) is 0 Å². The fourth-order valence-corrected chi connectivity index (χ4v) is 2.55. The van der Waals surface area contributed by atoms with E-state index in [1.54, 1.807) is 19.1 Å². The predicted molar refractivity (Wildman–Crippen MR) is 79.8 cm³/mol. The standard InChI is InChI=1S/C16H10N2O3/c1-8-6-10(19)14-15(17-8)11(20)7-13-16(14)18-9-4-2-3-5-12(9)21-13/h2-7H,1H3,(H,17,19). The molecule has 0 unspecified atom stereocenters. The van der Waals surface area contributed by atoms with E-state index in [2.05, 4.69) is 9.97 Å². The van der Waals surface area contributed by atoms with Gasteiger partial charge in [-0.15, -0.1) is 0 Å². The van der Waals surface area contributed by atoms with E-state index in [1.165, 1.54) is 12.1 Å². The van der Waals surface area contributed by atoms with Crippen LogP contribution in [0.15, 0.2) is 50.4 Å². The first-order chi connectivity index (χ1) is 10.1. The molecule has 0 spiro atoms. The van der Waals surface area contributed by atoms with E-state index >= 15 is 0 Å². The number of nitrogens with zero attached hydrogens (tertiary/aromatic N) is 1. The zero-order chi connectivity index (χ0) is 14.6. The summed E-state index contributed by atoms with van der Waals surface area (Å²) in [4.78, 5) is 31.9. The zero-order valence-electron chi connectivity index (χ0n) is 11.1. The minimum Gasteiger partial charge on any atom is -0.453 e. The molecule has 5 heteroatoms. The Morgan fingerprint density at radius 3 is 2.76 bits per heavy atom. The normalized spacial score (nSPS) is 11.5. The maximum Gasteiger partial charge on any atom is 0.206 e. The summed E-state index contributed by atoms with van der Waals surface area (Å²) in [5.41, 5.74) is 2.02. The van der Waals surface area contributed by atoms with Gasteiger partial charge in [-0.3, -0.25) is 9.59 Å². The molecule has 0 atom stereocenters. The van der Waals surface area contributed by atoms with E-state index in [-0.39, 0.29) is 21.8 Å². The molecule has 1 aromatic carbocycles. The van der Waals surface area contributed by atoms with Gasteiger partial charge in [-0.25, -0.2) is 4.98 Å². The lowest BCUT2D eigenvalue weighted by Gasteiger charge is -2.09. The lowest BCUT2D eigenvalue weighted by atomic mass is 10.1. The highest BCUT2D eigenvalue weighted by molar-refractivity contribution is 5.94. The Kier molecular flexibility index (Phi) is 2.27. The number of benzene rings is 2. The number of aryl methyl sites for hydroxylation is 1. The van der Waals surface area contributed by atoms with Crippen molar-refractivity contribution in [2.75, 3.05) is 0 Å². The molecule has 2 aromatic rings. The van der Waals surface area contributed by atoms with Gasteiger partial charge in [-0.05, 0) is 19.1 Å². The number of fused-ring (bicyclic) bond motifs is 4. The predicted octanol–water partition coefficient (Wildman–Crippen LogP) is 2.44. The summed E-state index contributed by atoms with van der Waals surface area (Å²) in [5, 5.41) is 0.276. The van der Waals surface area contributed by atoms with Crippen LogP contribution in [0.2, 0.25) is 0 Å². The second kappa shape index (κ2) is 4.02. The Labute approximate surface area is 118 Å². The van der Waals surface area contributed by atoms with Gasteiger partial charge in [-0.2, -0.15) is 0 Å². The van der Waals surface area contributed by atoms with Crippen LogP contribution in [-0.4, -0.2) is 9.97 Å². The first kappa shape index (κ1) is 11.8. The summed E-state index contributed by atoms with van der Waals surface area (Å²) < 4.78 is 5.71. The SMILES string of the molecule is Cc1cc(=O)c2c3nc4ccccc4oc-3cc(=O)c2[nH]1. The van der Waals surface area contributed by atoms with Gasteiger partial charge in [0, 0.05) is 17.8 Å². The fraction of sp³-hybridized carbons (Fsp3) is 0.0625. The summed E-state index contributed by atoms with van der Waals surface area (Å²) in [6.45, 7) is 1.74. The summed E-state index contributed by atoms with van der Waals surface area (Å²) in [6, 6.07) is 10.1. The van der Waals surface area contributed by atoms with Crippen LogP contribution in [0.5, 0.6) is 0 Å². The Bertz CT molecular complexity index is 1090. The van der Waals surface area contributed by atoms with Crippen LogP contribution >= 0.6 is 0 Å². The summed E-state index contributed by atoms with van der Waals surface area (Å²) in [6.07, 6.45) is 0. The van der Waals surface area contributed by atoms with Crippen LogP contribution < -0.4 is 10.9 Å². The highest BCUT2D eigenvalue weighted by Crippen LogP contribution is 2.27. The van der Waals surface area contributed by atoms with Gasteiger partial charge in [0.05, 0.1) is 5.39 Å². The van der Waals surface area contributed by atoms with Gasteiger partial charge in [0.15, 0.2) is 16.8 Å². The van der Waals surface area contributed by atoms with Crippen LogP contribution in [0.1, 0.15) is 5.69 Å². The molecular formula is C16H10N2O3. The van der Waals surface area contributed by atoms with Crippen LogP contribution in [-0.2, 0) is 0 Å². The van der Waals surface area contributed by atoms with Gasteiger partial charge in [-0.1, -0.05) is 12.1 Å². The van der Waals surface area contributed by atoms with Gasteiger partial charge in [0.2, 0.25) is 5.43 Å². The highest BCUT2D eigenvalue weighted by Gasteiger charge is 2.18. The zero-order valence-corrected chi connectivity index (χ0v) is 11.1. The molecule has 21 heavy (non-hydrogen) atoms. The van der Waals surface area contributed by atoms with Crippen LogP contribution in [0, 0.1) is 6.92 Å². The molecule has 1 aromatic heterocycles. The van der Waals surface area contributed by atoms with Crippen molar-refractivity contribution in [2.24, 2.45) is 0 Å². The topological polar surface area (TPSA) is 76.0 Å². The molecule has 1 N–H and O–H groups in total. The molecule has 0 saturated carbocycles. The van der Waals surface area contributed by atoms with Crippen molar-refractivity contribution < 1.29 is 4.42 Å². The second-order valence-electron chi connectivity index (χ2n) is 4.97. The molecule has 5 nitrogen and oxygen atoms in total. The second-order valence-corrected chi connectivity index (χ2v) is 4.97. The Morgan fingerprint density at radius 2 is 1.90 bits per heavy atom. The summed E-state index contributed by atoms with van der Waals surface area (Å²) >= 11 is 0. The number of aromatic nitrogens is 2. The van der Waals surface area contributed by atoms with Gasteiger partial charge < -0.3 is 9.40 Å². The molecular weight excluding hydrogens is 268 g/mol. The first-order valence-electron chi connectivity index (χ1n) is 6.50. The van der Waals surface area contributed by atoms with Gasteiger partial charge in [0.1, 0.15) is 16.7 Å². The maximum absolute atomic E-state index is 12.3. The largest absolute Gasteiger partial charge is 0.453 e. The molecule has 0 bridgehead atoms. The lowest BCUT2D eigenvalue weighted by Crippen LogP contribution is -2.14. The molecule has 1 aliphatic carbocycles. The quantitative estimate of drug-likeness (QED) is 0.396. The van der Waals surface area contributed by atoms with Crippen molar-refractivity contribution in [3.63, 3.8) is 0 Å². The first-order valence-corrected chi connectivity index (χ1v) is 6.50. The number of para-hydroxylation sites is 2. The Hall–Kier alpha value is -2.95. The average Bonchev–Trinajstić information content (AvgIpc) is 2.45. The smallest absolute Gasteiger partial charge is 0.206 e. The fourth-order valence-electron chi connectivity index (χ4n) is 2.55. The van der Waals surface area contributed by atoms with Crippen LogP contribution in [0.4, 0.5) is 0 Å². The number of hydrogen-bond acceptors (Lipinski definition) is 4. The average molecular weight is 278 g/mol. The summed E-state index contributed by atoms with van der Waals surface area (Å²) in [7, 11) is 0. The van der Waals surface area contributed by atoms with E-state index in [9.17, 15) is 9.59 Å².